The van der Waals surface area contributed by atoms with E-state index in [0.29, 0.717) is 18.7 Å². The zero-order valence-electron chi connectivity index (χ0n) is 12.2. The third kappa shape index (κ3) is 3.18. The van der Waals surface area contributed by atoms with Gasteiger partial charge in [-0.05, 0) is 37.5 Å². The third-order valence-corrected chi connectivity index (χ3v) is 3.78. The lowest BCUT2D eigenvalue weighted by Crippen LogP contribution is -2.55. The smallest absolute Gasteiger partial charge is 0.254 e. The number of unbranched alkanes of at least 4 members (excludes halogenated alkanes) is 1. The molecule has 0 radical (unpaired) electrons. The maximum Gasteiger partial charge on any atom is 0.254 e. The molecule has 0 saturated carbocycles. The molecule has 1 fully saturated rings. The quantitative estimate of drug-likeness (QED) is 0.913. The molecule has 0 aliphatic carbocycles. The normalized spacial score (nSPS) is 18.8. The van der Waals surface area contributed by atoms with Gasteiger partial charge < -0.3 is 10.2 Å². The van der Waals surface area contributed by atoms with Crippen LogP contribution < -0.4 is 5.32 Å². The van der Waals surface area contributed by atoms with Gasteiger partial charge in [-0.1, -0.05) is 25.5 Å². The van der Waals surface area contributed by atoms with Crippen molar-refractivity contribution in [2.75, 3.05) is 13.1 Å². The van der Waals surface area contributed by atoms with Gasteiger partial charge in [0.1, 0.15) is 6.04 Å². The van der Waals surface area contributed by atoms with E-state index in [1.54, 1.807) is 11.8 Å². The van der Waals surface area contributed by atoms with Crippen LogP contribution in [0.25, 0.3) is 0 Å². The Balaban J connectivity index is 2.06. The first kappa shape index (κ1) is 14.6. The summed E-state index contributed by atoms with van der Waals surface area (Å²) in [6, 6.07) is 7.37. The van der Waals surface area contributed by atoms with Crippen LogP contribution in [0.2, 0.25) is 0 Å². The molecular formula is C16H22N2O2. The molecular weight excluding hydrogens is 252 g/mol. The van der Waals surface area contributed by atoms with E-state index in [0.717, 1.165) is 12.8 Å². The summed E-state index contributed by atoms with van der Waals surface area (Å²) < 4.78 is 0. The number of benzene rings is 1. The van der Waals surface area contributed by atoms with Gasteiger partial charge in [0.2, 0.25) is 5.91 Å². The number of nitrogens with one attached hydrogen (secondary N) is 1. The van der Waals surface area contributed by atoms with Crippen molar-refractivity contribution in [2.45, 2.75) is 39.2 Å². The van der Waals surface area contributed by atoms with Crippen molar-refractivity contribution in [3.63, 3.8) is 0 Å². The van der Waals surface area contributed by atoms with E-state index in [9.17, 15) is 9.59 Å². The number of nitrogens with zero attached hydrogens (tertiary/aromatic N) is 1. The molecule has 2 rings (SSSR count). The minimum absolute atomic E-state index is 0.0607. The molecule has 0 spiro atoms. The second kappa shape index (κ2) is 6.55. The highest BCUT2D eigenvalue weighted by atomic mass is 16.2. The molecule has 1 aromatic rings. The fourth-order valence-electron chi connectivity index (χ4n) is 2.42. The van der Waals surface area contributed by atoms with Crippen LogP contribution >= 0.6 is 0 Å². The Bertz CT molecular complexity index is 482. The van der Waals surface area contributed by atoms with Crippen LogP contribution in [-0.4, -0.2) is 35.8 Å². The summed E-state index contributed by atoms with van der Waals surface area (Å²) in [6.07, 6.45) is 3.38. The number of piperazine rings is 1. The number of hydrogen-bond acceptors (Lipinski definition) is 2. The van der Waals surface area contributed by atoms with Crippen LogP contribution in [0.15, 0.2) is 24.3 Å². The second-order valence-electron chi connectivity index (χ2n) is 5.27. The SMILES string of the molecule is CCCCc1ccc(C(=O)N2CCNC(=O)C2C)cc1. The van der Waals surface area contributed by atoms with Gasteiger partial charge in [0.25, 0.3) is 5.91 Å². The summed E-state index contributed by atoms with van der Waals surface area (Å²) >= 11 is 0. The number of carbonyl (C=O) groups is 2. The molecule has 1 saturated heterocycles. The topological polar surface area (TPSA) is 49.4 Å². The largest absolute Gasteiger partial charge is 0.353 e. The van der Waals surface area contributed by atoms with Gasteiger partial charge in [0, 0.05) is 18.7 Å². The van der Waals surface area contributed by atoms with Crippen LogP contribution in [0.1, 0.15) is 42.6 Å². The number of amides is 2. The summed E-state index contributed by atoms with van der Waals surface area (Å²) in [4.78, 5) is 25.7. The lowest BCUT2D eigenvalue weighted by Gasteiger charge is -2.32. The number of aryl methyl sites for hydroxylation is 1. The summed E-state index contributed by atoms with van der Waals surface area (Å²) in [5, 5.41) is 2.77. The minimum atomic E-state index is -0.393. The van der Waals surface area contributed by atoms with Crippen molar-refractivity contribution in [3.8, 4) is 0 Å². The van der Waals surface area contributed by atoms with Gasteiger partial charge >= 0.3 is 0 Å². The molecule has 4 nitrogen and oxygen atoms in total. The van der Waals surface area contributed by atoms with E-state index in [1.165, 1.54) is 12.0 Å². The molecule has 0 aromatic heterocycles. The van der Waals surface area contributed by atoms with Crippen molar-refractivity contribution in [1.82, 2.24) is 10.2 Å². The molecule has 20 heavy (non-hydrogen) atoms. The van der Waals surface area contributed by atoms with E-state index in [2.05, 4.69) is 12.2 Å². The van der Waals surface area contributed by atoms with E-state index in [1.807, 2.05) is 24.3 Å². The number of rotatable bonds is 4. The molecule has 1 heterocycles. The van der Waals surface area contributed by atoms with E-state index in [4.69, 9.17) is 0 Å². The Hall–Kier alpha value is -1.84. The highest BCUT2D eigenvalue weighted by Crippen LogP contribution is 2.13. The summed E-state index contributed by atoms with van der Waals surface area (Å²) in [5.41, 5.74) is 1.92. The van der Waals surface area contributed by atoms with Crippen molar-refractivity contribution in [1.29, 1.82) is 0 Å². The van der Waals surface area contributed by atoms with Gasteiger partial charge in [0.05, 0.1) is 0 Å². The molecule has 2 amide bonds. The Kier molecular flexibility index (Phi) is 4.77. The molecule has 108 valence electrons. The Labute approximate surface area is 120 Å². The van der Waals surface area contributed by atoms with E-state index >= 15 is 0 Å². The lowest BCUT2D eigenvalue weighted by molar-refractivity contribution is -0.127. The average molecular weight is 274 g/mol. The predicted molar refractivity (Wildman–Crippen MR) is 78.6 cm³/mol. The van der Waals surface area contributed by atoms with Crippen molar-refractivity contribution < 1.29 is 9.59 Å². The van der Waals surface area contributed by atoms with Gasteiger partial charge in [0.15, 0.2) is 0 Å². The molecule has 1 unspecified atom stereocenters. The third-order valence-electron chi connectivity index (χ3n) is 3.78. The predicted octanol–water partition coefficient (Wildman–Crippen LogP) is 1.99. The summed E-state index contributed by atoms with van der Waals surface area (Å²) in [6.45, 7) is 5.04. The Morgan fingerprint density at radius 3 is 2.70 bits per heavy atom. The van der Waals surface area contributed by atoms with Crippen molar-refractivity contribution in [2.24, 2.45) is 0 Å². The van der Waals surface area contributed by atoms with Gasteiger partial charge in [-0.15, -0.1) is 0 Å². The maximum absolute atomic E-state index is 12.4. The Morgan fingerprint density at radius 1 is 1.35 bits per heavy atom. The first-order valence-electron chi connectivity index (χ1n) is 7.31. The highest BCUT2D eigenvalue weighted by Gasteiger charge is 2.29. The molecule has 1 aromatic carbocycles. The second-order valence-corrected chi connectivity index (χ2v) is 5.27. The van der Waals surface area contributed by atoms with Crippen LogP contribution in [0.5, 0.6) is 0 Å². The van der Waals surface area contributed by atoms with Crippen LogP contribution in [0, 0.1) is 0 Å². The molecule has 1 N–H and O–H groups in total. The van der Waals surface area contributed by atoms with Gasteiger partial charge in [-0.25, -0.2) is 0 Å². The van der Waals surface area contributed by atoms with Crippen LogP contribution in [0.4, 0.5) is 0 Å². The van der Waals surface area contributed by atoms with Crippen LogP contribution in [-0.2, 0) is 11.2 Å². The van der Waals surface area contributed by atoms with E-state index in [-0.39, 0.29) is 11.8 Å². The van der Waals surface area contributed by atoms with Gasteiger partial charge in [-0.2, -0.15) is 0 Å². The molecule has 1 aliphatic heterocycles. The lowest BCUT2D eigenvalue weighted by atomic mass is 10.0. The first-order chi connectivity index (χ1) is 9.63. The highest BCUT2D eigenvalue weighted by molar-refractivity contribution is 5.98. The van der Waals surface area contributed by atoms with E-state index < -0.39 is 6.04 Å². The molecule has 0 bridgehead atoms. The fraction of sp³-hybridized carbons (Fsp3) is 0.500. The summed E-state index contributed by atoms with van der Waals surface area (Å²) in [5.74, 6) is -0.140. The first-order valence-corrected chi connectivity index (χ1v) is 7.31. The van der Waals surface area contributed by atoms with Crippen molar-refractivity contribution in [3.05, 3.63) is 35.4 Å². The molecule has 1 atom stereocenters. The minimum Gasteiger partial charge on any atom is -0.353 e. The molecule has 1 aliphatic rings. The zero-order valence-corrected chi connectivity index (χ0v) is 12.2. The molecule has 4 heteroatoms. The monoisotopic (exact) mass is 274 g/mol. The summed E-state index contributed by atoms with van der Waals surface area (Å²) in [7, 11) is 0. The number of carbonyl (C=O) groups excluding carboxylic acids is 2. The maximum atomic E-state index is 12.4. The van der Waals surface area contributed by atoms with Gasteiger partial charge in [-0.3, -0.25) is 9.59 Å². The standard InChI is InChI=1S/C16H22N2O2/c1-3-4-5-13-6-8-14(9-7-13)16(20)18-11-10-17-15(19)12(18)2/h6-9,12H,3-5,10-11H2,1-2H3,(H,17,19). The average Bonchev–Trinajstić information content (AvgIpc) is 2.48. The van der Waals surface area contributed by atoms with Crippen LogP contribution in [0.3, 0.4) is 0 Å². The fourth-order valence-corrected chi connectivity index (χ4v) is 2.42. The number of hydrogen-bond donors (Lipinski definition) is 1. The Morgan fingerprint density at radius 2 is 2.05 bits per heavy atom. The zero-order chi connectivity index (χ0) is 14.5. The van der Waals surface area contributed by atoms with Crippen molar-refractivity contribution >= 4 is 11.8 Å².